The Labute approximate surface area is 85.3 Å². The molecule has 6 atom stereocenters. The topological polar surface area (TPSA) is 40.5 Å². The van der Waals surface area contributed by atoms with Gasteiger partial charge in [0.05, 0.1) is 0 Å². The zero-order chi connectivity index (χ0) is 9.71. The maximum atomic E-state index is 9.40. The molecule has 2 N–H and O–H groups in total. The summed E-state index contributed by atoms with van der Waals surface area (Å²) in [5, 5.41) is 18.8. The highest BCUT2D eigenvalue weighted by molar-refractivity contribution is 5.06. The highest BCUT2D eigenvalue weighted by atomic mass is 16.3. The van der Waals surface area contributed by atoms with Crippen molar-refractivity contribution in [2.75, 3.05) is 13.2 Å². The Kier molecular flexibility index (Phi) is 2.10. The van der Waals surface area contributed by atoms with E-state index in [9.17, 15) is 10.2 Å². The van der Waals surface area contributed by atoms with Crippen LogP contribution in [0, 0.1) is 35.5 Å². The fraction of sp³-hybridized carbons (Fsp3) is 1.00. The zero-order valence-corrected chi connectivity index (χ0v) is 8.60. The van der Waals surface area contributed by atoms with Crippen LogP contribution in [-0.2, 0) is 0 Å². The molecule has 0 saturated heterocycles. The third-order valence-electron chi connectivity index (χ3n) is 5.34. The highest BCUT2D eigenvalue weighted by Crippen LogP contribution is 2.62. The Morgan fingerprint density at radius 3 is 1.71 bits per heavy atom. The number of hydrogen-bond donors (Lipinski definition) is 2. The van der Waals surface area contributed by atoms with Gasteiger partial charge in [-0.1, -0.05) is 6.42 Å². The molecular weight excluding hydrogens is 176 g/mol. The first-order valence-corrected chi connectivity index (χ1v) is 6.08. The molecule has 14 heavy (non-hydrogen) atoms. The van der Waals surface area contributed by atoms with Crippen LogP contribution in [0.5, 0.6) is 0 Å². The van der Waals surface area contributed by atoms with Crippen LogP contribution < -0.4 is 0 Å². The van der Waals surface area contributed by atoms with Crippen molar-refractivity contribution in [3.05, 3.63) is 0 Å². The van der Waals surface area contributed by atoms with Crippen molar-refractivity contribution < 1.29 is 10.2 Å². The van der Waals surface area contributed by atoms with E-state index in [0.717, 1.165) is 23.7 Å². The van der Waals surface area contributed by atoms with Crippen molar-refractivity contribution in [1.82, 2.24) is 0 Å². The second kappa shape index (κ2) is 3.21. The van der Waals surface area contributed by atoms with Crippen LogP contribution >= 0.6 is 0 Å². The van der Waals surface area contributed by atoms with E-state index in [4.69, 9.17) is 0 Å². The van der Waals surface area contributed by atoms with Crippen LogP contribution in [0.3, 0.4) is 0 Å². The molecule has 3 aliphatic carbocycles. The summed E-state index contributed by atoms with van der Waals surface area (Å²) in [6.45, 7) is 0.602. The van der Waals surface area contributed by atoms with Gasteiger partial charge >= 0.3 is 0 Å². The van der Waals surface area contributed by atoms with Crippen molar-refractivity contribution in [2.24, 2.45) is 35.5 Å². The highest BCUT2D eigenvalue weighted by Gasteiger charge is 2.58. The van der Waals surface area contributed by atoms with E-state index in [1.54, 1.807) is 0 Å². The molecule has 0 aromatic rings. The van der Waals surface area contributed by atoms with Gasteiger partial charge in [0.15, 0.2) is 0 Å². The van der Waals surface area contributed by atoms with E-state index in [2.05, 4.69) is 0 Å². The van der Waals surface area contributed by atoms with Gasteiger partial charge in [0.1, 0.15) is 0 Å². The standard InChI is InChI=1S/C12H20O2/c13-5-11-9-4-10(12(11)6-14)8-3-1-2-7(8)9/h7-14H,1-6H2/t7?,8?,9-,10+,11?,12?. The van der Waals surface area contributed by atoms with Crippen molar-refractivity contribution in [3.63, 3.8) is 0 Å². The molecule has 4 unspecified atom stereocenters. The molecule has 0 aliphatic heterocycles. The molecule has 0 amide bonds. The monoisotopic (exact) mass is 196 g/mol. The number of rotatable bonds is 2. The SMILES string of the molecule is OCC1C(CO)[C@@H]2C[C@H]1C1CCCC12. The minimum absolute atomic E-state index is 0.301. The minimum Gasteiger partial charge on any atom is -0.396 e. The van der Waals surface area contributed by atoms with Gasteiger partial charge < -0.3 is 10.2 Å². The molecule has 2 bridgehead atoms. The molecule has 3 fully saturated rings. The van der Waals surface area contributed by atoms with Gasteiger partial charge in [-0.3, -0.25) is 0 Å². The normalized spacial score (nSPS) is 55.3. The first kappa shape index (κ1) is 9.17. The van der Waals surface area contributed by atoms with E-state index in [-0.39, 0.29) is 0 Å². The summed E-state index contributed by atoms with van der Waals surface area (Å²) < 4.78 is 0. The van der Waals surface area contributed by atoms with Crippen molar-refractivity contribution in [2.45, 2.75) is 25.7 Å². The largest absolute Gasteiger partial charge is 0.396 e. The van der Waals surface area contributed by atoms with Gasteiger partial charge in [-0.15, -0.1) is 0 Å². The van der Waals surface area contributed by atoms with Crippen molar-refractivity contribution >= 4 is 0 Å². The Bertz CT molecular complexity index is 206. The van der Waals surface area contributed by atoms with E-state index < -0.39 is 0 Å². The molecule has 0 radical (unpaired) electrons. The zero-order valence-electron chi connectivity index (χ0n) is 8.60. The molecular formula is C12H20O2. The van der Waals surface area contributed by atoms with Gasteiger partial charge in [-0.2, -0.15) is 0 Å². The fourth-order valence-electron chi connectivity index (χ4n) is 4.91. The lowest BCUT2D eigenvalue weighted by molar-refractivity contribution is 0.0329. The molecule has 2 heteroatoms. The molecule has 80 valence electrons. The Hall–Kier alpha value is -0.0800. The molecule has 3 aliphatic rings. The fourth-order valence-corrected chi connectivity index (χ4v) is 4.91. The van der Waals surface area contributed by atoms with E-state index in [1.807, 2.05) is 0 Å². The molecule has 0 heterocycles. The van der Waals surface area contributed by atoms with E-state index in [0.29, 0.717) is 25.0 Å². The summed E-state index contributed by atoms with van der Waals surface area (Å²) in [6, 6.07) is 0. The number of hydrogen-bond acceptors (Lipinski definition) is 2. The third kappa shape index (κ3) is 0.989. The van der Waals surface area contributed by atoms with Gasteiger partial charge in [0.25, 0.3) is 0 Å². The second-order valence-corrected chi connectivity index (χ2v) is 5.51. The van der Waals surface area contributed by atoms with Crippen LogP contribution in [0.2, 0.25) is 0 Å². The lowest BCUT2D eigenvalue weighted by atomic mass is 9.70. The molecule has 0 aromatic heterocycles. The lowest BCUT2D eigenvalue weighted by Gasteiger charge is -2.36. The van der Waals surface area contributed by atoms with Crippen LogP contribution in [0.1, 0.15) is 25.7 Å². The molecule has 0 spiro atoms. The predicted octanol–water partition coefficient (Wildman–Crippen LogP) is 1.27. The summed E-state index contributed by atoms with van der Waals surface area (Å²) in [7, 11) is 0. The maximum absolute atomic E-state index is 9.40. The summed E-state index contributed by atoms with van der Waals surface area (Å²) in [4.78, 5) is 0. The molecule has 0 aromatic carbocycles. The van der Waals surface area contributed by atoms with Gasteiger partial charge in [0.2, 0.25) is 0 Å². The van der Waals surface area contributed by atoms with Crippen LogP contribution in [-0.4, -0.2) is 23.4 Å². The lowest BCUT2D eigenvalue weighted by Crippen LogP contribution is -2.36. The number of aliphatic hydroxyl groups excluding tert-OH is 2. The molecule has 3 saturated carbocycles. The summed E-state index contributed by atoms with van der Waals surface area (Å²) >= 11 is 0. The van der Waals surface area contributed by atoms with Crippen molar-refractivity contribution in [3.8, 4) is 0 Å². The van der Waals surface area contributed by atoms with Gasteiger partial charge in [-0.25, -0.2) is 0 Å². The number of aliphatic hydroxyl groups is 2. The average Bonchev–Trinajstić information content (AvgIpc) is 2.86. The summed E-state index contributed by atoms with van der Waals surface area (Å²) in [5.41, 5.74) is 0. The quantitative estimate of drug-likeness (QED) is 0.698. The van der Waals surface area contributed by atoms with Crippen LogP contribution in [0.25, 0.3) is 0 Å². The van der Waals surface area contributed by atoms with Crippen LogP contribution in [0.15, 0.2) is 0 Å². The van der Waals surface area contributed by atoms with E-state index in [1.165, 1.54) is 25.7 Å². The van der Waals surface area contributed by atoms with Crippen LogP contribution in [0.4, 0.5) is 0 Å². The Morgan fingerprint density at radius 1 is 0.786 bits per heavy atom. The van der Waals surface area contributed by atoms with Gasteiger partial charge in [-0.05, 0) is 54.8 Å². The maximum Gasteiger partial charge on any atom is 0.0465 e. The Balaban J connectivity index is 1.86. The van der Waals surface area contributed by atoms with Gasteiger partial charge in [0, 0.05) is 13.2 Å². The van der Waals surface area contributed by atoms with E-state index >= 15 is 0 Å². The second-order valence-electron chi connectivity index (χ2n) is 5.51. The Morgan fingerprint density at radius 2 is 1.29 bits per heavy atom. The molecule has 2 nitrogen and oxygen atoms in total. The predicted molar refractivity (Wildman–Crippen MR) is 53.6 cm³/mol. The summed E-state index contributed by atoms with van der Waals surface area (Å²) in [5.74, 6) is 4.14. The third-order valence-corrected chi connectivity index (χ3v) is 5.34. The minimum atomic E-state index is 0.301. The van der Waals surface area contributed by atoms with Crippen molar-refractivity contribution in [1.29, 1.82) is 0 Å². The summed E-state index contributed by atoms with van der Waals surface area (Å²) in [6.07, 6.45) is 5.46. The smallest absolute Gasteiger partial charge is 0.0465 e. The first-order chi connectivity index (χ1) is 6.86. The first-order valence-electron chi connectivity index (χ1n) is 6.08. The average molecular weight is 196 g/mol. The molecule has 3 rings (SSSR count). The number of fused-ring (bicyclic) bond motifs is 5.